The fourth-order valence-corrected chi connectivity index (χ4v) is 5.08. The molecule has 0 aliphatic heterocycles. The Balaban J connectivity index is 2.05. The van der Waals surface area contributed by atoms with E-state index in [0.717, 1.165) is 0 Å². The minimum atomic E-state index is -5.65. The van der Waals surface area contributed by atoms with Crippen molar-refractivity contribution in [3.8, 4) is 11.5 Å². The van der Waals surface area contributed by atoms with Gasteiger partial charge in [0.2, 0.25) is 23.4 Å². The number of anilines is 2. The number of carboxylic acid groups (broad SMARTS) is 2. The number of carbonyl (C=O) groups is 8. The first-order valence-electron chi connectivity index (χ1n) is 16.9. The molecule has 0 aromatic heterocycles. The van der Waals surface area contributed by atoms with Crippen LogP contribution >= 0.6 is 0 Å². The Morgan fingerprint density at radius 2 is 0.879 bits per heavy atom. The molecular weight excluding hydrogens is 798 g/mol. The van der Waals surface area contributed by atoms with Gasteiger partial charge in [-0.05, 0) is 52.0 Å². The van der Waals surface area contributed by atoms with E-state index in [4.69, 9.17) is 10.2 Å². The van der Waals surface area contributed by atoms with Crippen molar-refractivity contribution in [1.82, 2.24) is 21.3 Å². The normalized spacial score (nSPS) is 14.4. The first kappa shape index (κ1) is 46.1. The van der Waals surface area contributed by atoms with Gasteiger partial charge in [0.05, 0.1) is 34.3 Å². The molecule has 1 aliphatic rings. The Morgan fingerprint density at radius 1 is 0.552 bits per heavy atom. The summed E-state index contributed by atoms with van der Waals surface area (Å²) >= 11 is 0. The number of amides is 2. The van der Waals surface area contributed by atoms with E-state index in [1.54, 1.807) is 0 Å². The van der Waals surface area contributed by atoms with E-state index >= 15 is 0 Å². The van der Waals surface area contributed by atoms with Crippen molar-refractivity contribution < 1.29 is 84.4 Å². The Labute approximate surface area is 323 Å². The largest absolute Gasteiger partial charge is 0.491 e. The molecule has 0 fully saturated rings. The molecule has 316 valence electrons. The smallest absolute Gasteiger partial charge is 0.480 e. The van der Waals surface area contributed by atoms with Crippen molar-refractivity contribution in [2.24, 2.45) is 0 Å². The number of hydrogen-bond acceptors (Lipinski definition) is 14. The van der Waals surface area contributed by atoms with E-state index in [1.165, 1.54) is 39.8 Å². The van der Waals surface area contributed by atoms with Crippen molar-refractivity contribution in [3.05, 3.63) is 46.5 Å². The number of alkyl halides is 6. The number of benzene rings is 2. The molecule has 18 nitrogen and oxygen atoms in total. The fourth-order valence-electron chi connectivity index (χ4n) is 5.08. The quantitative estimate of drug-likeness (QED) is 0.0389. The van der Waals surface area contributed by atoms with Gasteiger partial charge in [0.1, 0.15) is 23.6 Å². The lowest BCUT2D eigenvalue weighted by molar-refractivity contribution is -0.190. The van der Waals surface area contributed by atoms with Crippen molar-refractivity contribution in [2.45, 2.75) is 64.2 Å². The molecule has 24 heteroatoms. The molecule has 0 heterocycles. The predicted octanol–water partition coefficient (Wildman–Crippen LogP) is 1.36. The van der Waals surface area contributed by atoms with Crippen molar-refractivity contribution >= 4 is 58.6 Å². The summed E-state index contributed by atoms with van der Waals surface area (Å²) < 4.78 is 88.2. The van der Waals surface area contributed by atoms with Gasteiger partial charge in [-0.15, -0.1) is 0 Å². The minimum absolute atomic E-state index is 0.0712. The summed E-state index contributed by atoms with van der Waals surface area (Å²) in [7, 11) is 0. The molecule has 2 aromatic rings. The van der Waals surface area contributed by atoms with Crippen molar-refractivity contribution in [1.29, 1.82) is 0 Å². The Hall–Kier alpha value is -6.30. The van der Waals surface area contributed by atoms with Crippen LogP contribution in [0.25, 0.3) is 0 Å². The second-order valence-corrected chi connectivity index (χ2v) is 12.5. The lowest BCUT2D eigenvalue weighted by Gasteiger charge is -2.26. The Kier molecular flexibility index (Phi) is 14.9. The highest BCUT2D eigenvalue weighted by molar-refractivity contribution is 6.33. The third-order valence-electron chi connectivity index (χ3n) is 8.14. The third kappa shape index (κ3) is 11.4. The number of hydrogen-bond donors (Lipinski definition) is 8. The van der Waals surface area contributed by atoms with Gasteiger partial charge in [0, 0.05) is 37.6 Å². The molecular formula is C34H36F6N6O12. The number of carboxylic acids is 2. The molecule has 4 atom stereocenters. The van der Waals surface area contributed by atoms with Crippen LogP contribution in [0.1, 0.15) is 59.5 Å². The number of esters is 2. The Bertz CT molecular complexity index is 1850. The van der Waals surface area contributed by atoms with E-state index in [0.29, 0.717) is 12.1 Å². The summed E-state index contributed by atoms with van der Waals surface area (Å²) in [6, 6.07) is -1.03. The van der Waals surface area contributed by atoms with Gasteiger partial charge in [-0.2, -0.15) is 26.3 Å². The summed E-state index contributed by atoms with van der Waals surface area (Å²) in [4.78, 5) is 99.0. The number of ether oxygens (including phenoxy) is 2. The van der Waals surface area contributed by atoms with Crippen LogP contribution in [0, 0.1) is 0 Å². The number of fused-ring (bicyclic) bond motifs is 2. The highest BCUT2D eigenvalue weighted by Gasteiger charge is 2.46. The van der Waals surface area contributed by atoms with E-state index in [-0.39, 0.29) is 37.6 Å². The zero-order chi connectivity index (χ0) is 43.9. The summed E-state index contributed by atoms with van der Waals surface area (Å²) in [5.41, 5.74) is -3.87. The minimum Gasteiger partial charge on any atom is -0.480 e. The van der Waals surface area contributed by atoms with Crippen LogP contribution < -0.4 is 41.4 Å². The van der Waals surface area contributed by atoms with Gasteiger partial charge in [0.25, 0.3) is 0 Å². The molecule has 58 heavy (non-hydrogen) atoms. The average molecular weight is 835 g/mol. The predicted molar refractivity (Wildman–Crippen MR) is 186 cm³/mol. The fraction of sp³-hybridized carbons (Fsp3) is 0.412. The molecule has 3 rings (SSSR count). The van der Waals surface area contributed by atoms with Gasteiger partial charge < -0.3 is 51.6 Å². The molecule has 0 unspecified atom stereocenters. The first-order chi connectivity index (χ1) is 26.9. The second kappa shape index (κ2) is 18.8. The molecule has 0 spiro atoms. The number of halogens is 6. The molecule has 8 N–H and O–H groups in total. The number of carbonyl (C=O) groups excluding carboxylic acids is 6. The van der Waals surface area contributed by atoms with Crippen LogP contribution in [-0.4, -0.2) is 120 Å². The highest BCUT2D eigenvalue weighted by atomic mass is 19.4. The second-order valence-electron chi connectivity index (χ2n) is 12.5. The maximum atomic E-state index is 14.3. The molecule has 0 saturated heterocycles. The molecule has 0 bridgehead atoms. The lowest BCUT2D eigenvalue weighted by Crippen LogP contribution is -2.48. The van der Waals surface area contributed by atoms with Crippen LogP contribution in [0.15, 0.2) is 24.3 Å². The van der Waals surface area contributed by atoms with E-state index < -0.39 is 118 Å². The zero-order valence-electron chi connectivity index (χ0n) is 30.7. The van der Waals surface area contributed by atoms with Gasteiger partial charge >= 0.3 is 36.2 Å². The van der Waals surface area contributed by atoms with Crippen LogP contribution in [0.3, 0.4) is 0 Å². The van der Waals surface area contributed by atoms with E-state index in [2.05, 4.69) is 41.4 Å². The molecule has 1 aliphatic carbocycles. The summed E-state index contributed by atoms with van der Waals surface area (Å²) in [5.74, 6) is -14.9. The topological polar surface area (TPSA) is 268 Å². The van der Waals surface area contributed by atoms with Crippen LogP contribution in [-0.2, 0) is 28.8 Å². The zero-order valence-corrected chi connectivity index (χ0v) is 30.7. The third-order valence-corrected chi connectivity index (χ3v) is 8.14. The SMILES string of the molecule is C[C@H](NC(=O)[C@H](C)NCCNc1ccc(NCCN[C@@H](C)C(=O)N[C@@H](C)C(=O)O)c2c1C(=O)c1c(OC(=O)C(F)(F)F)ccc(OC(=O)C(F)(F)F)c1C2=O)C(=O)O. The van der Waals surface area contributed by atoms with Crippen LogP contribution in [0.5, 0.6) is 11.5 Å². The van der Waals surface area contributed by atoms with E-state index in [9.17, 15) is 64.7 Å². The Morgan fingerprint density at radius 3 is 1.17 bits per heavy atom. The average Bonchev–Trinajstić information content (AvgIpc) is 3.13. The van der Waals surface area contributed by atoms with Gasteiger partial charge in [0.15, 0.2) is 0 Å². The summed E-state index contributed by atoms with van der Waals surface area (Å²) in [6.45, 7) is 4.81. The number of ketones is 2. The van der Waals surface area contributed by atoms with Gasteiger partial charge in [-0.3, -0.25) is 28.8 Å². The number of nitrogens with one attached hydrogen (secondary N) is 6. The standard InChI is InChI=1S/C34H36F6N6O12/c1-13(27(49)45-15(3)29(51)52)41-9-11-43-17-5-6-18(44-12-10-42-14(2)28(50)46-16(4)30(53)54)22-21(17)25(47)23-19(57-31(55)33(35,36)37)7-8-20(24(23)26(22)48)58-32(56)34(38,39)40/h5-8,13-16,41-44H,9-12H2,1-4H3,(H,45,49)(H,46,50)(H,51,52)(H,53,54)/t13-,14-,15-,16-/m0/s1. The lowest BCUT2D eigenvalue weighted by atomic mass is 9.81. The van der Waals surface area contributed by atoms with Crippen molar-refractivity contribution in [3.63, 3.8) is 0 Å². The van der Waals surface area contributed by atoms with E-state index in [1.807, 2.05) is 0 Å². The first-order valence-corrected chi connectivity index (χ1v) is 16.9. The van der Waals surface area contributed by atoms with Crippen LogP contribution in [0.4, 0.5) is 37.7 Å². The molecule has 2 amide bonds. The maximum Gasteiger partial charge on any atom is 0.491 e. The number of aliphatic carboxylic acids is 2. The summed E-state index contributed by atoms with van der Waals surface area (Å²) in [6.07, 6.45) is -11.3. The maximum absolute atomic E-state index is 14.3. The van der Waals surface area contributed by atoms with Crippen molar-refractivity contribution in [2.75, 3.05) is 36.8 Å². The number of rotatable bonds is 18. The highest BCUT2D eigenvalue weighted by Crippen LogP contribution is 2.44. The van der Waals surface area contributed by atoms with Crippen LogP contribution in [0.2, 0.25) is 0 Å². The molecule has 2 aromatic carbocycles. The molecule has 0 saturated carbocycles. The molecule has 0 radical (unpaired) electrons. The monoisotopic (exact) mass is 834 g/mol. The summed E-state index contributed by atoms with van der Waals surface area (Å²) in [5, 5.41) is 33.7. The van der Waals surface area contributed by atoms with Gasteiger partial charge in [-0.1, -0.05) is 0 Å². The van der Waals surface area contributed by atoms with Gasteiger partial charge in [-0.25, -0.2) is 9.59 Å².